The van der Waals surface area contributed by atoms with Crippen LogP contribution in [0.4, 0.5) is 0 Å². The van der Waals surface area contributed by atoms with Crippen LogP contribution in [-0.2, 0) is 11.2 Å². The van der Waals surface area contributed by atoms with Gasteiger partial charge in [-0.1, -0.05) is 12.8 Å². The molecule has 8 nitrogen and oxygen atoms in total. The highest BCUT2D eigenvalue weighted by atomic mass is 32.1. The summed E-state index contributed by atoms with van der Waals surface area (Å²) >= 11 is 10.3. The van der Waals surface area contributed by atoms with Gasteiger partial charge in [0.1, 0.15) is 34.2 Å². The molecule has 2 aliphatic carbocycles. The molecule has 10 rings (SSSR count). The molecule has 0 aromatic carbocycles. The third-order valence-corrected chi connectivity index (χ3v) is 19.1. The standard InChI is InChI=1S/C44H32N4O4S6/c1-47-23(21-45)15-25-17-27(49-3)35(53-25)31-19-29-37(55-31)39-33(43(51-29)11-7-5-8-12-43)41-42(57-39)34-40(58-41)38-30(52-44(34)13-9-6-10-14-44)20-32(56-38)36-28(50-4)18-26(54-36)16-24(22-46)48-2/h15-20H,5-14H2,3-4H3/b23-15-,24-16+. The van der Waals surface area contributed by atoms with E-state index in [0.717, 1.165) is 113 Å². The van der Waals surface area contributed by atoms with Crippen LogP contribution in [0.25, 0.3) is 70.3 Å². The molecule has 2 fully saturated rings. The Kier molecular flexibility index (Phi) is 9.30. The quantitative estimate of drug-likeness (QED) is 0.122. The number of rotatable bonds is 6. The third-order valence-electron chi connectivity index (χ3n) is 11.5. The zero-order chi connectivity index (χ0) is 39.8. The van der Waals surface area contributed by atoms with E-state index in [-0.39, 0.29) is 11.4 Å². The van der Waals surface area contributed by atoms with Crippen LogP contribution < -0.4 is 18.9 Å². The summed E-state index contributed by atoms with van der Waals surface area (Å²) < 4.78 is 29.0. The molecule has 6 aromatic rings. The topological polar surface area (TPSA) is 93.2 Å². The Labute approximate surface area is 359 Å². The second-order valence-corrected chi connectivity index (χ2v) is 21.1. The second kappa shape index (κ2) is 14.4. The highest BCUT2D eigenvalue weighted by molar-refractivity contribution is 7.35. The average Bonchev–Trinajstić information content (AvgIpc) is 4.10. The summed E-state index contributed by atoms with van der Waals surface area (Å²) in [5.74, 6) is 3.29. The maximum absolute atomic E-state index is 9.41. The Balaban J connectivity index is 1.15. The molecule has 0 saturated heterocycles. The molecule has 0 bridgehead atoms. The number of nitrogens with zero attached hydrogens (tertiary/aromatic N) is 4. The summed E-state index contributed by atoms with van der Waals surface area (Å²) in [5.41, 5.74) is 1.95. The summed E-state index contributed by atoms with van der Waals surface area (Å²) in [7, 11) is 3.32. The fourth-order valence-corrected chi connectivity index (χ4v) is 17.0. The van der Waals surface area contributed by atoms with Gasteiger partial charge >= 0.3 is 0 Å². The predicted molar refractivity (Wildman–Crippen MR) is 237 cm³/mol. The van der Waals surface area contributed by atoms with Crippen molar-refractivity contribution in [3.8, 4) is 74.2 Å². The largest absolute Gasteiger partial charge is 0.495 e. The Bertz CT molecular complexity index is 2680. The minimum atomic E-state index is -0.415. The van der Waals surface area contributed by atoms with Crippen molar-refractivity contribution >= 4 is 89.6 Å². The van der Waals surface area contributed by atoms with Crippen molar-refractivity contribution < 1.29 is 18.9 Å². The van der Waals surface area contributed by atoms with Crippen LogP contribution in [-0.4, -0.2) is 14.2 Å². The van der Waals surface area contributed by atoms with Crippen molar-refractivity contribution in [2.45, 2.75) is 75.4 Å². The van der Waals surface area contributed by atoms with E-state index < -0.39 is 11.2 Å². The van der Waals surface area contributed by atoms with Gasteiger partial charge in [-0.3, -0.25) is 0 Å². The molecule has 58 heavy (non-hydrogen) atoms. The summed E-state index contributed by atoms with van der Waals surface area (Å²) in [6.45, 7) is 14.7. The van der Waals surface area contributed by atoms with Crippen LogP contribution >= 0.6 is 68.0 Å². The molecule has 0 N–H and O–H groups in total. The van der Waals surface area contributed by atoms with Gasteiger partial charge in [0.15, 0.2) is 0 Å². The molecule has 0 amide bonds. The van der Waals surface area contributed by atoms with Crippen molar-refractivity contribution in [1.82, 2.24) is 0 Å². The smallest absolute Gasteiger partial charge is 0.263 e. The van der Waals surface area contributed by atoms with Crippen molar-refractivity contribution in [2.24, 2.45) is 0 Å². The molecule has 0 radical (unpaired) electrons. The van der Waals surface area contributed by atoms with E-state index in [1.165, 1.54) is 65.8 Å². The lowest BCUT2D eigenvalue weighted by atomic mass is 9.76. The van der Waals surface area contributed by atoms with E-state index in [4.69, 9.17) is 32.1 Å². The van der Waals surface area contributed by atoms with Crippen LogP contribution in [0, 0.1) is 35.8 Å². The first kappa shape index (κ1) is 37.4. The van der Waals surface area contributed by atoms with Crippen molar-refractivity contribution in [2.75, 3.05) is 14.2 Å². The monoisotopic (exact) mass is 872 g/mol. The number of nitriles is 2. The molecule has 4 aliphatic rings. The maximum atomic E-state index is 9.41. The lowest BCUT2D eigenvalue weighted by Crippen LogP contribution is -2.37. The first-order valence-corrected chi connectivity index (χ1v) is 23.9. The predicted octanol–water partition coefficient (Wildman–Crippen LogP) is 14.6. The van der Waals surface area contributed by atoms with Gasteiger partial charge in [0.2, 0.25) is 0 Å². The van der Waals surface area contributed by atoms with E-state index in [0.29, 0.717) is 0 Å². The van der Waals surface area contributed by atoms with Crippen molar-refractivity contribution in [3.63, 3.8) is 0 Å². The van der Waals surface area contributed by atoms with Crippen LogP contribution in [0.5, 0.6) is 23.0 Å². The minimum Gasteiger partial charge on any atom is -0.495 e. The van der Waals surface area contributed by atoms with Crippen molar-refractivity contribution in [3.05, 3.63) is 79.4 Å². The number of methoxy groups -OCH3 is 2. The summed E-state index contributed by atoms with van der Waals surface area (Å²) in [4.78, 5) is 17.3. The molecule has 2 spiro atoms. The Morgan fingerprint density at radius 3 is 1.38 bits per heavy atom. The van der Waals surface area contributed by atoms with Gasteiger partial charge in [-0.2, -0.15) is 0 Å². The lowest BCUT2D eigenvalue weighted by molar-refractivity contribution is 0.0258. The van der Waals surface area contributed by atoms with E-state index >= 15 is 0 Å². The van der Waals surface area contributed by atoms with Gasteiger partial charge in [-0.05, 0) is 75.7 Å². The van der Waals surface area contributed by atoms with Gasteiger partial charge in [-0.25, -0.2) is 20.2 Å². The fraction of sp³-hybridized carbons (Fsp3) is 0.318. The van der Waals surface area contributed by atoms with E-state index in [9.17, 15) is 10.5 Å². The van der Waals surface area contributed by atoms with E-state index in [1.54, 1.807) is 49.0 Å². The fourth-order valence-electron chi connectivity index (χ4n) is 9.02. The van der Waals surface area contributed by atoms with Gasteiger partial charge in [0.25, 0.3) is 11.4 Å². The third kappa shape index (κ3) is 5.77. The summed E-state index contributed by atoms with van der Waals surface area (Å²) in [5, 5.41) is 18.8. The normalized spacial score (nSPS) is 17.5. The Hall–Kier alpha value is -4.90. The second-order valence-electron chi connectivity index (χ2n) is 14.8. The number of fused-ring (bicyclic) bond motifs is 11. The summed E-state index contributed by atoms with van der Waals surface area (Å²) in [6.07, 6.45) is 14.0. The van der Waals surface area contributed by atoms with Crippen LogP contribution in [0.2, 0.25) is 0 Å². The molecular weight excluding hydrogens is 841 g/mol. The zero-order valence-electron chi connectivity index (χ0n) is 31.4. The number of thiophene rings is 6. The van der Waals surface area contributed by atoms with E-state index in [2.05, 4.69) is 21.8 Å². The lowest BCUT2D eigenvalue weighted by Gasteiger charge is -2.41. The van der Waals surface area contributed by atoms with E-state index in [1.807, 2.05) is 46.9 Å². The molecule has 2 aliphatic heterocycles. The summed E-state index contributed by atoms with van der Waals surface area (Å²) in [6, 6.07) is 12.1. The minimum absolute atomic E-state index is 0.0431. The van der Waals surface area contributed by atoms with Crippen LogP contribution in [0.15, 0.2) is 35.7 Å². The zero-order valence-corrected chi connectivity index (χ0v) is 36.3. The molecule has 288 valence electrons. The first-order valence-electron chi connectivity index (χ1n) is 19.0. The number of allylic oxidation sites excluding steroid dienone is 2. The molecule has 0 atom stereocenters. The van der Waals surface area contributed by atoms with Gasteiger partial charge in [0, 0.05) is 33.0 Å². The van der Waals surface area contributed by atoms with Gasteiger partial charge < -0.3 is 18.9 Å². The van der Waals surface area contributed by atoms with Crippen LogP contribution in [0.3, 0.4) is 0 Å². The molecular formula is C44H32N4O4S6. The molecule has 8 heterocycles. The van der Waals surface area contributed by atoms with Gasteiger partial charge in [0.05, 0.1) is 87.9 Å². The van der Waals surface area contributed by atoms with Gasteiger partial charge in [-0.15, -0.1) is 68.0 Å². The Morgan fingerprint density at radius 1 is 0.603 bits per heavy atom. The average molecular weight is 873 g/mol. The molecule has 2 saturated carbocycles. The van der Waals surface area contributed by atoms with Crippen molar-refractivity contribution in [1.29, 1.82) is 10.5 Å². The molecule has 14 heteroatoms. The molecule has 0 unspecified atom stereocenters. The highest BCUT2D eigenvalue weighted by Crippen LogP contribution is 2.67. The first-order chi connectivity index (χ1) is 28.3. The highest BCUT2D eigenvalue weighted by Gasteiger charge is 2.50. The number of hydrogen-bond acceptors (Lipinski definition) is 12. The number of hydrogen-bond donors (Lipinski definition) is 0. The van der Waals surface area contributed by atoms with Crippen LogP contribution in [0.1, 0.15) is 85.1 Å². The Morgan fingerprint density at radius 2 is 1.02 bits per heavy atom. The molecule has 6 aromatic heterocycles. The SMILES string of the molecule is [C-]#[N+]/C(C#N)=C\c1cc(OC)c(-c2cc3c(s2)-c2sc4c5c(sc4c2C2(CCCCC2)O3)-c2sc(-c3sc(/C=C(\C#N)[N+]#[C-])cc3OC)cc2OC52CCCCC2)s1. The number of ether oxygens (including phenoxy) is 4. The maximum Gasteiger partial charge on any atom is 0.263 e.